The summed E-state index contributed by atoms with van der Waals surface area (Å²) in [5.41, 5.74) is 1.59. The Bertz CT molecular complexity index is 624. The molecule has 1 N–H and O–H groups in total. The Morgan fingerprint density at radius 1 is 1.19 bits per heavy atom. The molecule has 2 aromatic rings. The summed E-state index contributed by atoms with van der Waals surface area (Å²) in [6.07, 6.45) is 0. The maximum Gasteiger partial charge on any atom is 0.272 e. The molecule has 110 valence electrons. The van der Waals surface area contributed by atoms with Crippen molar-refractivity contribution in [3.63, 3.8) is 0 Å². The molecule has 2 aromatic carbocycles. The van der Waals surface area contributed by atoms with Crippen LogP contribution in [0.1, 0.15) is 18.4 Å². The highest BCUT2D eigenvalue weighted by Crippen LogP contribution is 2.35. The third-order valence-electron chi connectivity index (χ3n) is 3.19. The molecule has 6 heteroatoms. The van der Waals surface area contributed by atoms with Crippen molar-refractivity contribution in [2.45, 2.75) is 12.8 Å². The van der Waals surface area contributed by atoms with Crippen LogP contribution in [0.5, 0.6) is 0 Å². The van der Waals surface area contributed by atoms with Crippen molar-refractivity contribution in [2.75, 3.05) is 11.9 Å². The van der Waals surface area contributed by atoms with Gasteiger partial charge in [-0.05, 0) is 11.5 Å². The molecule has 0 bridgehead atoms. The molecular weight excluding hydrogens is 311 g/mol. The minimum absolute atomic E-state index is 0.119. The normalized spacial score (nSPS) is 12.0. The van der Waals surface area contributed by atoms with E-state index < -0.39 is 4.92 Å². The van der Waals surface area contributed by atoms with E-state index in [1.165, 1.54) is 17.7 Å². The van der Waals surface area contributed by atoms with Crippen LogP contribution in [-0.4, -0.2) is 11.5 Å². The smallest absolute Gasteiger partial charge is 0.272 e. The summed E-state index contributed by atoms with van der Waals surface area (Å²) < 4.78 is 0. The van der Waals surface area contributed by atoms with Gasteiger partial charge in [0.2, 0.25) is 0 Å². The van der Waals surface area contributed by atoms with Crippen LogP contribution in [0.15, 0.2) is 42.5 Å². The van der Waals surface area contributed by atoms with Crippen LogP contribution in [0, 0.1) is 10.1 Å². The van der Waals surface area contributed by atoms with Crippen molar-refractivity contribution >= 4 is 34.6 Å². The van der Waals surface area contributed by atoms with Crippen LogP contribution in [0.25, 0.3) is 0 Å². The fourth-order valence-corrected chi connectivity index (χ4v) is 2.60. The molecule has 1 atom stereocenters. The first-order valence-electron chi connectivity index (χ1n) is 6.41. The molecule has 0 aliphatic carbocycles. The van der Waals surface area contributed by atoms with Gasteiger partial charge in [0.05, 0.1) is 20.7 Å². The van der Waals surface area contributed by atoms with Crippen LogP contribution in [-0.2, 0) is 0 Å². The zero-order chi connectivity index (χ0) is 15.4. The molecule has 0 fully saturated rings. The van der Waals surface area contributed by atoms with Gasteiger partial charge in [0.25, 0.3) is 5.69 Å². The van der Waals surface area contributed by atoms with E-state index in [9.17, 15) is 10.1 Å². The van der Waals surface area contributed by atoms with Crippen LogP contribution in [0.2, 0.25) is 10.0 Å². The lowest BCUT2D eigenvalue weighted by atomic mass is 10.0. The molecule has 2 rings (SSSR count). The Morgan fingerprint density at radius 2 is 1.76 bits per heavy atom. The van der Waals surface area contributed by atoms with E-state index in [4.69, 9.17) is 23.2 Å². The van der Waals surface area contributed by atoms with Gasteiger partial charge >= 0.3 is 0 Å². The maximum absolute atomic E-state index is 10.7. The summed E-state index contributed by atoms with van der Waals surface area (Å²) in [5, 5.41) is 14.4. The molecule has 1 unspecified atom stereocenters. The number of hydrogen-bond acceptors (Lipinski definition) is 3. The number of anilines is 1. The van der Waals surface area contributed by atoms with Crippen molar-refractivity contribution in [3.8, 4) is 0 Å². The lowest BCUT2D eigenvalue weighted by Gasteiger charge is -2.15. The summed E-state index contributed by atoms with van der Waals surface area (Å²) in [6, 6.07) is 12.6. The van der Waals surface area contributed by atoms with Crippen molar-refractivity contribution in [1.29, 1.82) is 0 Å². The molecule has 0 heterocycles. The van der Waals surface area contributed by atoms with Gasteiger partial charge < -0.3 is 5.32 Å². The first-order chi connectivity index (χ1) is 9.99. The minimum Gasteiger partial charge on any atom is -0.382 e. The van der Waals surface area contributed by atoms with Gasteiger partial charge in [-0.3, -0.25) is 10.1 Å². The van der Waals surface area contributed by atoms with E-state index in [-0.39, 0.29) is 21.7 Å². The Morgan fingerprint density at radius 3 is 2.29 bits per heavy atom. The Labute approximate surface area is 132 Å². The second-order valence-electron chi connectivity index (χ2n) is 4.73. The van der Waals surface area contributed by atoms with E-state index in [1.807, 2.05) is 30.3 Å². The molecule has 0 aliphatic heterocycles. The highest BCUT2D eigenvalue weighted by atomic mass is 35.5. The quantitative estimate of drug-likeness (QED) is 0.613. The predicted octanol–water partition coefficient (Wildman–Crippen LogP) is 5.12. The SMILES string of the molecule is CC(CNc1c(Cl)cc([N+](=O)[O-])cc1Cl)c1ccccc1. The van der Waals surface area contributed by atoms with Gasteiger partial charge in [0.1, 0.15) is 0 Å². The molecule has 0 amide bonds. The van der Waals surface area contributed by atoms with Crippen LogP contribution in [0.4, 0.5) is 11.4 Å². The van der Waals surface area contributed by atoms with Gasteiger partial charge in [-0.1, -0.05) is 60.5 Å². The predicted molar refractivity (Wildman–Crippen MR) is 86.5 cm³/mol. The summed E-state index contributed by atoms with van der Waals surface area (Å²) in [6.45, 7) is 2.71. The molecule has 0 aliphatic rings. The van der Waals surface area contributed by atoms with Gasteiger partial charge in [-0.2, -0.15) is 0 Å². The number of nitro benzene ring substituents is 1. The number of nitro groups is 1. The molecule has 0 saturated heterocycles. The maximum atomic E-state index is 10.7. The van der Waals surface area contributed by atoms with Crippen molar-refractivity contribution in [1.82, 2.24) is 0 Å². The molecule has 0 radical (unpaired) electrons. The summed E-state index contributed by atoms with van der Waals surface area (Å²) >= 11 is 12.1. The number of benzene rings is 2. The molecule has 0 aromatic heterocycles. The average Bonchev–Trinajstić information content (AvgIpc) is 2.46. The third-order valence-corrected chi connectivity index (χ3v) is 3.79. The largest absolute Gasteiger partial charge is 0.382 e. The number of hydrogen-bond donors (Lipinski definition) is 1. The standard InChI is InChI=1S/C15H14Cl2N2O2/c1-10(11-5-3-2-4-6-11)9-18-15-13(16)7-12(19(20)21)8-14(15)17/h2-8,10,18H,9H2,1H3. The highest BCUT2D eigenvalue weighted by molar-refractivity contribution is 6.39. The lowest BCUT2D eigenvalue weighted by Crippen LogP contribution is -2.10. The number of nitrogens with zero attached hydrogens (tertiary/aromatic N) is 1. The second kappa shape index (κ2) is 6.78. The zero-order valence-corrected chi connectivity index (χ0v) is 12.9. The third kappa shape index (κ3) is 3.86. The summed E-state index contributed by atoms with van der Waals surface area (Å²) in [7, 11) is 0. The Kier molecular flexibility index (Phi) is 5.04. The molecule has 0 saturated carbocycles. The zero-order valence-electron chi connectivity index (χ0n) is 11.3. The molecular formula is C15H14Cl2N2O2. The van der Waals surface area contributed by atoms with Crippen molar-refractivity contribution < 1.29 is 4.92 Å². The Balaban J connectivity index is 2.12. The molecule has 0 spiro atoms. The van der Waals surface area contributed by atoms with Gasteiger partial charge in [-0.15, -0.1) is 0 Å². The van der Waals surface area contributed by atoms with Gasteiger partial charge in [0.15, 0.2) is 0 Å². The van der Waals surface area contributed by atoms with E-state index in [0.717, 1.165) is 0 Å². The van der Waals surface area contributed by atoms with Crippen molar-refractivity contribution in [2.24, 2.45) is 0 Å². The fraction of sp³-hybridized carbons (Fsp3) is 0.200. The van der Waals surface area contributed by atoms with Crippen LogP contribution in [0.3, 0.4) is 0 Å². The Hall–Kier alpha value is -1.78. The number of halogens is 2. The van der Waals surface area contributed by atoms with E-state index in [0.29, 0.717) is 12.2 Å². The van der Waals surface area contributed by atoms with Crippen LogP contribution >= 0.6 is 23.2 Å². The number of rotatable bonds is 5. The monoisotopic (exact) mass is 324 g/mol. The van der Waals surface area contributed by atoms with E-state index in [2.05, 4.69) is 12.2 Å². The first kappa shape index (κ1) is 15.6. The fourth-order valence-electron chi connectivity index (χ4n) is 1.99. The minimum atomic E-state index is -0.520. The molecule has 4 nitrogen and oxygen atoms in total. The van der Waals surface area contributed by atoms with Crippen LogP contribution < -0.4 is 5.32 Å². The average molecular weight is 325 g/mol. The second-order valence-corrected chi connectivity index (χ2v) is 5.55. The lowest BCUT2D eigenvalue weighted by molar-refractivity contribution is -0.384. The molecule has 21 heavy (non-hydrogen) atoms. The summed E-state index contributed by atoms with van der Waals surface area (Å²) in [4.78, 5) is 10.2. The van der Waals surface area contributed by atoms with E-state index in [1.54, 1.807) is 0 Å². The first-order valence-corrected chi connectivity index (χ1v) is 7.17. The van der Waals surface area contributed by atoms with Gasteiger partial charge in [0, 0.05) is 18.7 Å². The van der Waals surface area contributed by atoms with Crippen molar-refractivity contribution in [3.05, 3.63) is 68.2 Å². The topological polar surface area (TPSA) is 55.2 Å². The highest BCUT2D eigenvalue weighted by Gasteiger charge is 2.15. The summed E-state index contributed by atoms with van der Waals surface area (Å²) in [5.74, 6) is 0.258. The number of non-ortho nitro benzene ring substituents is 1. The number of nitrogens with one attached hydrogen (secondary N) is 1. The van der Waals surface area contributed by atoms with E-state index >= 15 is 0 Å². The van der Waals surface area contributed by atoms with Gasteiger partial charge in [-0.25, -0.2) is 0 Å².